The first-order valence-electron chi connectivity index (χ1n) is 6.55. The molecule has 92 valence electrons. The number of fused-ring (bicyclic) bond motifs is 1. The van der Waals surface area contributed by atoms with Crippen molar-refractivity contribution >= 4 is 0 Å². The lowest BCUT2D eigenvalue weighted by Gasteiger charge is -2.33. The van der Waals surface area contributed by atoms with E-state index < -0.39 is 0 Å². The van der Waals surface area contributed by atoms with Gasteiger partial charge in [-0.3, -0.25) is 0 Å². The number of methoxy groups -OCH3 is 1. The van der Waals surface area contributed by atoms with E-state index in [-0.39, 0.29) is 0 Å². The summed E-state index contributed by atoms with van der Waals surface area (Å²) < 4.78 is 5.72. The Labute approximate surface area is 108 Å². The average Bonchev–Trinajstić information content (AvgIpc) is 2.47. The monoisotopic (exact) mass is 238 g/mol. The minimum absolute atomic E-state index is 0.294. The van der Waals surface area contributed by atoms with Crippen molar-refractivity contribution in [1.29, 1.82) is 0 Å². The largest absolute Gasteiger partial charge is 0.380 e. The normalized spacial score (nSPS) is 22.5. The topological polar surface area (TPSA) is 9.23 Å². The second-order valence-corrected chi connectivity index (χ2v) is 4.90. The summed E-state index contributed by atoms with van der Waals surface area (Å²) in [6.07, 6.45) is 2.52. The molecule has 2 atom stereocenters. The van der Waals surface area contributed by atoms with Crippen LogP contribution in [0.5, 0.6) is 0 Å². The molecule has 0 bridgehead atoms. The van der Waals surface area contributed by atoms with E-state index in [1.165, 1.54) is 16.7 Å². The summed E-state index contributed by atoms with van der Waals surface area (Å²) in [6.45, 7) is 0. The van der Waals surface area contributed by atoms with Crippen LogP contribution in [-0.4, -0.2) is 13.2 Å². The van der Waals surface area contributed by atoms with Crippen molar-refractivity contribution in [3.63, 3.8) is 0 Å². The first-order valence-corrected chi connectivity index (χ1v) is 6.55. The number of rotatable bonds is 2. The van der Waals surface area contributed by atoms with Gasteiger partial charge in [-0.15, -0.1) is 0 Å². The smallest absolute Gasteiger partial charge is 0.0683 e. The summed E-state index contributed by atoms with van der Waals surface area (Å²) >= 11 is 0. The molecule has 0 spiro atoms. The SMILES string of the molecule is CO[C@H]1CCc2ccccc2[C@@H]1c1ccccc1. The van der Waals surface area contributed by atoms with E-state index in [4.69, 9.17) is 4.74 Å². The van der Waals surface area contributed by atoms with Crippen LogP contribution in [-0.2, 0) is 11.2 Å². The zero-order valence-electron chi connectivity index (χ0n) is 10.7. The van der Waals surface area contributed by atoms with Gasteiger partial charge in [-0.05, 0) is 29.5 Å². The summed E-state index contributed by atoms with van der Waals surface area (Å²) in [5.74, 6) is 0.376. The number of hydrogen-bond donors (Lipinski definition) is 0. The molecule has 0 aromatic heterocycles. The van der Waals surface area contributed by atoms with Crippen LogP contribution in [0.1, 0.15) is 29.0 Å². The zero-order valence-corrected chi connectivity index (χ0v) is 10.7. The Morgan fingerprint density at radius 2 is 1.67 bits per heavy atom. The van der Waals surface area contributed by atoms with E-state index in [0.29, 0.717) is 12.0 Å². The lowest BCUT2D eigenvalue weighted by Crippen LogP contribution is -2.28. The second-order valence-electron chi connectivity index (χ2n) is 4.90. The summed E-state index contributed by atoms with van der Waals surface area (Å²) in [5.41, 5.74) is 4.26. The maximum atomic E-state index is 5.72. The van der Waals surface area contributed by atoms with Gasteiger partial charge in [-0.2, -0.15) is 0 Å². The number of hydrogen-bond acceptors (Lipinski definition) is 1. The highest BCUT2D eigenvalue weighted by molar-refractivity contribution is 5.41. The summed E-state index contributed by atoms with van der Waals surface area (Å²) in [4.78, 5) is 0. The van der Waals surface area contributed by atoms with Crippen molar-refractivity contribution in [1.82, 2.24) is 0 Å². The van der Waals surface area contributed by atoms with E-state index in [9.17, 15) is 0 Å². The molecular weight excluding hydrogens is 220 g/mol. The molecule has 0 fully saturated rings. The first-order chi connectivity index (χ1) is 8.90. The summed E-state index contributed by atoms with van der Waals surface area (Å²) in [5, 5.41) is 0. The summed E-state index contributed by atoms with van der Waals surface area (Å²) in [7, 11) is 1.83. The molecule has 0 saturated heterocycles. The Balaban J connectivity index is 2.09. The molecule has 0 unspecified atom stereocenters. The average molecular weight is 238 g/mol. The van der Waals surface area contributed by atoms with Gasteiger partial charge in [0, 0.05) is 13.0 Å². The van der Waals surface area contributed by atoms with Gasteiger partial charge in [0.2, 0.25) is 0 Å². The molecule has 1 aliphatic rings. The van der Waals surface area contributed by atoms with Crippen molar-refractivity contribution in [3.05, 3.63) is 71.3 Å². The third kappa shape index (κ3) is 1.95. The van der Waals surface area contributed by atoms with Crippen molar-refractivity contribution < 1.29 is 4.74 Å². The fourth-order valence-corrected chi connectivity index (χ4v) is 3.04. The van der Waals surface area contributed by atoms with Crippen LogP contribution in [0.2, 0.25) is 0 Å². The van der Waals surface area contributed by atoms with Crippen LogP contribution >= 0.6 is 0 Å². The van der Waals surface area contributed by atoms with E-state index in [1.807, 2.05) is 7.11 Å². The minimum atomic E-state index is 0.294. The van der Waals surface area contributed by atoms with E-state index in [0.717, 1.165) is 12.8 Å². The molecule has 3 rings (SSSR count). The number of ether oxygens (including phenoxy) is 1. The predicted octanol–water partition coefficient (Wildman–Crippen LogP) is 3.78. The molecule has 0 N–H and O–H groups in total. The van der Waals surface area contributed by atoms with Crippen molar-refractivity contribution in [2.75, 3.05) is 7.11 Å². The van der Waals surface area contributed by atoms with Crippen LogP contribution in [0.3, 0.4) is 0 Å². The quantitative estimate of drug-likeness (QED) is 0.773. The first kappa shape index (κ1) is 11.5. The van der Waals surface area contributed by atoms with Gasteiger partial charge in [0.25, 0.3) is 0 Å². The third-order valence-corrected chi connectivity index (χ3v) is 3.92. The van der Waals surface area contributed by atoms with E-state index >= 15 is 0 Å². The van der Waals surface area contributed by atoms with Crippen LogP contribution in [0, 0.1) is 0 Å². The van der Waals surface area contributed by atoms with Gasteiger partial charge >= 0.3 is 0 Å². The number of benzene rings is 2. The van der Waals surface area contributed by atoms with Gasteiger partial charge in [0.05, 0.1) is 6.10 Å². The Hall–Kier alpha value is -1.60. The molecule has 0 aliphatic heterocycles. The molecule has 1 heteroatoms. The Bertz CT molecular complexity index is 518. The minimum Gasteiger partial charge on any atom is -0.380 e. The van der Waals surface area contributed by atoms with Crippen LogP contribution in [0.15, 0.2) is 54.6 Å². The Morgan fingerprint density at radius 3 is 2.44 bits per heavy atom. The predicted molar refractivity (Wildman–Crippen MR) is 73.8 cm³/mol. The Kier molecular flexibility index (Phi) is 3.16. The third-order valence-electron chi connectivity index (χ3n) is 3.92. The highest BCUT2D eigenvalue weighted by Gasteiger charge is 2.30. The van der Waals surface area contributed by atoms with Gasteiger partial charge in [-0.25, -0.2) is 0 Å². The van der Waals surface area contributed by atoms with E-state index in [1.54, 1.807) is 0 Å². The zero-order chi connectivity index (χ0) is 12.4. The number of aryl methyl sites for hydroxylation is 1. The molecule has 18 heavy (non-hydrogen) atoms. The van der Waals surface area contributed by atoms with E-state index in [2.05, 4.69) is 54.6 Å². The van der Waals surface area contributed by atoms with Gasteiger partial charge in [0.15, 0.2) is 0 Å². The fourth-order valence-electron chi connectivity index (χ4n) is 3.04. The summed E-state index contributed by atoms with van der Waals surface area (Å²) in [6, 6.07) is 19.5. The van der Waals surface area contributed by atoms with Crippen LogP contribution in [0.4, 0.5) is 0 Å². The highest BCUT2D eigenvalue weighted by atomic mass is 16.5. The maximum Gasteiger partial charge on any atom is 0.0683 e. The Morgan fingerprint density at radius 1 is 0.944 bits per heavy atom. The van der Waals surface area contributed by atoms with Gasteiger partial charge < -0.3 is 4.74 Å². The van der Waals surface area contributed by atoms with Crippen molar-refractivity contribution in [3.8, 4) is 0 Å². The van der Waals surface area contributed by atoms with Crippen molar-refractivity contribution in [2.24, 2.45) is 0 Å². The van der Waals surface area contributed by atoms with Crippen molar-refractivity contribution in [2.45, 2.75) is 24.9 Å². The lowest BCUT2D eigenvalue weighted by atomic mass is 9.77. The molecular formula is C17H18O. The standard InChI is InChI=1S/C17H18O/c1-18-16-12-11-13-7-5-6-10-15(13)17(16)14-8-3-2-4-9-14/h2-10,16-17H,11-12H2,1H3/t16-,17-/m0/s1. The lowest BCUT2D eigenvalue weighted by molar-refractivity contribution is 0.0767. The molecule has 0 amide bonds. The molecule has 0 saturated carbocycles. The second kappa shape index (κ2) is 4.95. The fraction of sp³-hybridized carbons (Fsp3) is 0.294. The molecule has 2 aromatic carbocycles. The molecule has 1 aliphatic carbocycles. The molecule has 1 nitrogen and oxygen atoms in total. The van der Waals surface area contributed by atoms with Crippen LogP contribution in [0.25, 0.3) is 0 Å². The maximum absolute atomic E-state index is 5.72. The van der Waals surface area contributed by atoms with Gasteiger partial charge in [-0.1, -0.05) is 54.6 Å². The van der Waals surface area contributed by atoms with Gasteiger partial charge in [0.1, 0.15) is 0 Å². The molecule has 0 heterocycles. The molecule has 2 aromatic rings. The highest BCUT2D eigenvalue weighted by Crippen LogP contribution is 2.37. The molecule has 0 radical (unpaired) electrons. The van der Waals surface area contributed by atoms with Crippen LogP contribution < -0.4 is 0 Å².